The summed E-state index contributed by atoms with van der Waals surface area (Å²) in [6, 6.07) is 0.778. The van der Waals surface area contributed by atoms with Gasteiger partial charge in [-0.05, 0) is 12.8 Å². The van der Waals surface area contributed by atoms with Crippen molar-refractivity contribution in [1.29, 1.82) is 0 Å². The Hall–Kier alpha value is -0.490. The molecular formula is C12H19N3OS. The Morgan fingerprint density at radius 3 is 3.00 bits per heavy atom. The van der Waals surface area contributed by atoms with Crippen molar-refractivity contribution in [2.24, 2.45) is 0 Å². The largest absolute Gasteiger partial charge is 0.379 e. The normalized spacial score (nSPS) is 21.9. The average Bonchev–Trinajstić information content (AvgIpc) is 3.09. The van der Waals surface area contributed by atoms with Gasteiger partial charge >= 0.3 is 0 Å². The summed E-state index contributed by atoms with van der Waals surface area (Å²) in [5.74, 6) is 0. The summed E-state index contributed by atoms with van der Waals surface area (Å²) in [7, 11) is 0. The molecule has 0 aromatic carbocycles. The highest BCUT2D eigenvalue weighted by atomic mass is 32.1. The van der Waals surface area contributed by atoms with Gasteiger partial charge in [-0.1, -0.05) is 0 Å². The first kappa shape index (κ1) is 11.6. The molecule has 0 atom stereocenters. The van der Waals surface area contributed by atoms with E-state index in [1.165, 1.54) is 22.7 Å². The van der Waals surface area contributed by atoms with E-state index in [4.69, 9.17) is 4.74 Å². The zero-order valence-electron chi connectivity index (χ0n) is 10.0. The second-order valence-corrected chi connectivity index (χ2v) is 5.96. The van der Waals surface area contributed by atoms with Crippen molar-refractivity contribution in [2.45, 2.75) is 32.0 Å². The molecule has 0 radical (unpaired) electrons. The smallest absolute Gasteiger partial charge is 0.107 e. The van der Waals surface area contributed by atoms with Crippen LogP contribution in [0.15, 0.2) is 6.20 Å². The van der Waals surface area contributed by atoms with Crippen LogP contribution in [0.25, 0.3) is 0 Å². The topological polar surface area (TPSA) is 37.4 Å². The number of ether oxygens (including phenoxy) is 1. The highest BCUT2D eigenvalue weighted by Gasteiger charge is 2.20. The quantitative estimate of drug-likeness (QED) is 0.856. The Bertz CT molecular complexity index is 358. The van der Waals surface area contributed by atoms with E-state index in [9.17, 15) is 0 Å². The van der Waals surface area contributed by atoms with E-state index in [-0.39, 0.29) is 0 Å². The van der Waals surface area contributed by atoms with Crippen molar-refractivity contribution < 1.29 is 4.74 Å². The third kappa shape index (κ3) is 3.48. The SMILES string of the molecule is c1nc(CN2CCOCC2)sc1CNC1CC1. The van der Waals surface area contributed by atoms with Crippen molar-refractivity contribution in [1.82, 2.24) is 15.2 Å². The summed E-state index contributed by atoms with van der Waals surface area (Å²) in [5.41, 5.74) is 0. The first-order chi connectivity index (χ1) is 8.40. The maximum absolute atomic E-state index is 5.35. The molecule has 5 heteroatoms. The van der Waals surface area contributed by atoms with Gasteiger partial charge < -0.3 is 10.1 Å². The Labute approximate surface area is 106 Å². The molecule has 2 aliphatic rings. The van der Waals surface area contributed by atoms with Crippen LogP contribution < -0.4 is 5.32 Å². The number of hydrogen-bond donors (Lipinski definition) is 1. The lowest BCUT2D eigenvalue weighted by Gasteiger charge is -2.25. The molecule has 0 spiro atoms. The molecule has 17 heavy (non-hydrogen) atoms. The van der Waals surface area contributed by atoms with Crippen molar-refractivity contribution in [2.75, 3.05) is 26.3 Å². The van der Waals surface area contributed by atoms with Gasteiger partial charge in [-0.15, -0.1) is 11.3 Å². The molecule has 1 aromatic rings. The number of nitrogens with one attached hydrogen (secondary N) is 1. The fraction of sp³-hybridized carbons (Fsp3) is 0.750. The second-order valence-electron chi connectivity index (χ2n) is 4.76. The van der Waals surface area contributed by atoms with Gasteiger partial charge in [-0.3, -0.25) is 4.90 Å². The van der Waals surface area contributed by atoms with E-state index >= 15 is 0 Å². The van der Waals surface area contributed by atoms with Gasteiger partial charge in [0.1, 0.15) is 5.01 Å². The van der Waals surface area contributed by atoms with Crippen LogP contribution in [0, 0.1) is 0 Å². The lowest BCUT2D eigenvalue weighted by atomic mass is 10.4. The fourth-order valence-electron chi connectivity index (χ4n) is 1.99. The van der Waals surface area contributed by atoms with E-state index in [1.54, 1.807) is 0 Å². The predicted molar refractivity (Wildman–Crippen MR) is 68.1 cm³/mol. The molecule has 1 aromatic heterocycles. The van der Waals surface area contributed by atoms with Crippen LogP contribution in [0.4, 0.5) is 0 Å². The summed E-state index contributed by atoms with van der Waals surface area (Å²) in [4.78, 5) is 8.28. The molecule has 2 fully saturated rings. The van der Waals surface area contributed by atoms with Crippen molar-refractivity contribution in [3.63, 3.8) is 0 Å². The van der Waals surface area contributed by atoms with Gasteiger partial charge in [0.05, 0.1) is 19.8 Å². The molecule has 0 amide bonds. The second kappa shape index (κ2) is 5.44. The molecule has 1 aliphatic carbocycles. The molecule has 3 rings (SSSR count). The van der Waals surface area contributed by atoms with Gasteiger partial charge in [0.25, 0.3) is 0 Å². The third-order valence-electron chi connectivity index (χ3n) is 3.21. The number of thiazole rings is 1. The molecule has 94 valence electrons. The first-order valence-electron chi connectivity index (χ1n) is 6.37. The molecule has 1 N–H and O–H groups in total. The maximum atomic E-state index is 5.35. The lowest BCUT2D eigenvalue weighted by Crippen LogP contribution is -2.35. The van der Waals surface area contributed by atoms with Crippen LogP contribution in [0.3, 0.4) is 0 Å². The Balaban J connectivity index is 1.48. The van der Waals surface area contributed by atoms with Crippen LogP contribution in [0.2, 0.25) is 0 Å². The number of rotatable bonds is 5. The Morgan fingerprint density at radius 2 is 2.24 bits per heavy atom. The van der Waals surface area contributed by atoms with Crippen LogP contribution >= 0.6 is 11.3 Å². The maximum Gasteiger partial charge on any atom is 0.107 e. The Morgan fingerprint density at radius 1 is 1.41 bits per heavy atom. The standard InChI is InChI=1S/C12H19N3OS/c1-2-10(1)13-7-11-8-14-12(17-11)9-15-3-5-16-6-4-15/h8,10,13H,1-7,9H2. The van der Waals surface area contributed by atoms with Gasteiger partial charge in [0.2, 0.25) is 0 Å². The van der Waals surface area contributed by atoms with Crippen molar-refractivity contribution in [3.05, 3.63) is 16.1 Å². The van der Waals surface area contributed by atoms with Gasteiger partial charge in [-0.2, -0.15) is 0 Å². The highest BCUT2D eigenvalue weighted by Crippen LogP contribution is 2.21. The van der Waals surface area contributed by atoms with Gasteiger partial charge in [-0.25, -0.2) is 4.98 Å². The van der Waals surface area contributed by atoms with Crippen LogP contribution in [-0.2, 0) is 17.8 Å². The zero-order valence-corrected chi connectivity index (χ0v) is 10.8. The molecule has 0 unspecified atom stereocenters. The number of nitrogens with zero attached hydrogens (tertiary/aromatic N) is 2. The Kier molecular flexibility index (Phi) is 3.71. The number of hydrogen-bond acceptors (Lipinski definition) is 5. The molecule has 4 nitrogen and oxygen atoms in total. The van der Waals surface area contributed by atoms with E-state index in [2.05, 4.69) is 15.2 Å². The molecular weight excluding hydrogens is 234 g/mol. The summed E-state index contributed by atoms with van der Waals surface area (Å²) < 4.78 is 5.35. The van der Waals surface area contributed by atoms with Gasteiger partial charge in [0, 0.05) is 36.8 Å². The van der Waals surface area contributed by atoms with Crippen molar-refractivity contribution in [3.8, 4) is 0 Å². The monoisotopic (exact) mass is 253 g/mol. The zero-order chi connectivity index (χ0) is 11.5. The predicted octanol–water partition coefficient (Wildman–Crippen LogP) is 1.23. The minimum atomic E-state index is 0.778. The molecule has 1 aliphatic heterocycles. The lowest BCUT2D eigenvalue weighted by molar-refractivity contribution is 0.0341. The van der Waals surface area contributed by atoms with E-state index in [0.717, 1.165) is 45.4 Å². The van der Waals surface area contributed by atoms with E-state index in [0.29, 0.717) is 0 Å². The summed E-state index contributed by atoms with van der Waals surface area (Å²) in [5, 5.41) is 4.76. The molecule has 1 saturated carbocycles. The van der Waals surface area contributed by atoms with Crippen LogP contribution in [-0.4, -0.2) is 42.2 Å². The average molecular weight is 253 g/mol. The highest BCUT2D eigenvalue weighted by molar-refractivity contribution is 7.11. The summed E-state index contributed by atoms with van der Waals surface area (Å²) in [6.45, 7) is 5.77. The number of aromatic nitrogens is 1. The van der Waals surface area contributed by atoms with Crippen molar-refractivity contribution >= 4 is 11.3 Å². The summed E-state index contributed by atoms with van der Waals surface area (Å²) in [6.07, 6.45) is 4.72. The first-order valence-corrected chi connectivity index (χ1v) is 7.19. The fourth-order valence-corrected chi connectivity index (χ4v) is 2.90. The molecule has 2 heterocycles. The van der Waals surface area contributed by atoms with E-state index in [1.807, 2.05) is 17.5 Å². The van der Waals surface area contributed by atoms with E-state index < -0.39 is 0 Å². The number of morpholine rings is 1. The van der Waals surface area contributed by atoms with Gasteiger partial charge in [0.15, 0.2) is 0 Å². The summed E-state index contributed by atoms with van der Waals surface area (Å²) >= 11 is 1.84. The minimum absolute atomic E-state index is 0.778. The molecule has 0 bridgehead atoms. The van der Waals surface area contributed by atoms with Crippen LogP contribution in [0.1, 0.15) is 22.7 Å². The minimum Gasteiger partial charge on any atom is -0.379 e. The molecule has 1 saturated heterocycles. The third-order valence-corrected chi connectivity index (χ3v) is 4.19. The van der Waals surface area contributed by atoms with Crippen LogP contribution in [0.5, 0.6) is 0 Å².